The Morgan fingerprint density at radius 3 is 2.38 bits per heavy atom. The molecule has 3 aromatic rings. The van der Waals surface area contributed by atoms with E-state index in [9.17, 15) is 4.79 Å². The van der Waals surface area contributed by atoms with Gasteiger partial charge in [-0.25, -0.2) is 9.78 Å². The van der Waals surface area contributed by atoms with E-state index in [0.29, 0.717) is 18.5 Å². The summed E-state index contributed by atoms with van der Waals surface area (Å²) in [6.07, 6.45) is 4.67. The van der Waals surface area contributed by atoms with E-state index in [0.717, 1.165) is 48.8 Å². The van der Waals surface area contributed by atoms with E-state index < -0.39 is 0 Å². The molecule has 1 aliphatic carbocycles. The lowest BCUT2D eigenvalue weighted by atomic mass is 9.91. The van der Waals surface area contributed by atoms with Crippen molar-refractivity contribution in [2.45, 2.75) is 44.2 Å². The van der Waals surface area contributed by atoms with Crippen LogP contribution in [-0.2, 0) is 6.42 Å². The van der Waals surface area contributed by atoms with E-state index in [2.05, 4.69) is 34.1 Å². The van der Waals surface area contributed by atoms with Gasteiger partial charge in [0, 0.05) is 38.1 Å². The Kier molecular flexibility index (Phi) is 7.04. The first-order valence-corrected chi connectivity index (χ1v) is 11.4. The number of rotatable bonds is 7. The number of carbonyl (C=O) groups is 1. The molecule has 1 heterocycles. The molecule has 0 radical (unpaired) electrons. The van der Waals surface area contributed by atoms with Crippen LogP contribution in [0.25, 0.3) is 10.9 Å². The second-order valence-electron chi connectivity index (χ2n) is 8.61. The average molecular weight is 433 g/mol. The number of carbonyl (C=O) groups excluding carboxylic acids is 1. The first kappa shape index (κ1) is 21.9. The van der Waals surface area contributed by atoms with Crippen molar-refractivity contribution in [3.05, 3.63) is 60.2 Å². The highest BCUT2D eigenvalue weighted by Gasteiger charge is 2.23. The number of amides is 2. The maximum Gasteiger partial charge on any atom is 0.315 e. The Bertz CT molecular complexity index is 1030. The number of anilines is 2. The van der Waals surface area contributed by atoms with Gasteiger partial charge in [0.15, 0.2) is 0 Å². The van der Waals surface area contributed by atoms with E-state index in [1.165, 1.54) is 5.56 Å². The summed E-state index contributed by atoms with van der Waals surface area (Å²) in [4.78, 5) is 23.7. The molecule has 1 aliphatic rings. The summed E-state index contributed by atoms with van der Waals surface area (Å²) >= 11 is 0. The van der Waals surface area contributed by atoms with Gasteiger partial charge in [0.25, 0.3) is 0 Å². The Balaban J connectivity index is 1.25. The molecule has 32 heavy (non-hydrogen) atoms. The summed E-state index contributed by atoms with van der Waals surface area (Å²) in [6, 6.07) is 18.7. The standard InChI is InChI=1S/C25H32N6O/c1-31(2)23-21-10-6-7-11-22(21)29-24(30-23)27-19-12-14-20(15-13-19)28-25(32)26-17-16-18-8-4-3-5-9-18/h3-11,19-20H,12-17H2,1-2H3,(H2,26,28,32)(H,27,29,30)/t19-,20+. The molecule has 0 spiro atoms. The zero-order valence-electron chi connectivity index (χ0n) is 18.8. The molecule has 1 aromatic heterocycles. The molecule has 7 nitrogen and oxygen atoms in total. The molecule has 0 atom stereocenters. The van der Waals surface area contributed by atoms with E-state index in [-0.39, 0.29) is 12.1 Å². The summed E-state index contributed by atoms with van der Waals surface area (Å²) < 4.78 is 0. The molecule has 2 aromatic carbocycles. The number of benzene rings is 2. The van der Waals surface area contributed by atoms with Gasteiger partial charge in [0.05, 0.1) is 5.52 Å². The first-order valence-electron chi connectivity index (χ1n) is 11.4. The lowest BCUT2D eigenvalue weighted by Gasteiger charge is -2.30. The number of nitrogens with zero attached hydrogens (tertiary/aromatic N) is 3. The van der Waals surface area contributed by atoms with Crippen molar-refractivity contribution in [3.63, 3.8) is 0 Å². The largest absolute Gasteiger partial charge is 0.362 e. The van der Waals surface area contributed by atoms with E-state index in [1.807, 2.05) is 55.4 Å². The van der Waals surface area contributed by atoms with Gasteiger partial charge in [0.1, 0.15) is 5.82 Å². The summed E-state index contributed by atoms with van der Waals surface area (Å²) in [5.41, 5.74) is 2.17. The molecular weight excluding hydrogens is 400 g/mol. The van der Waals surface area contributed by atoms with Crippen molar-refractivity contribution in [2.75, 3.05) is 30.9 Å². The number of urea groups is 1. The lowest BCUT2D eigenvalue weighted by Crippen LogP contribution is -2.45. The van der Waals surface area contributed by atoms with Crippen molar-refractivity contribution in [1.82, 2.24) is 20.6 Å². The van der Waals surface area contributed by atoms with Crippen LogP contribution in [0.1, 0.15) is 31.2 Å². The minimum atomic E-state index is -0.0779. The lowest BCUT2D eigenvalue weighted by molar-refractivity contribution is 0.232. The fourth-order valence-corrected chi connectivity index (χ4v) is 4.23. The van der Waals surface area contributed by atoms with Crippen LogP contribution in [0, 0.1) is 0 Å². The number of hydrogen-bond donors (Lipinski definition) is 3. The van der Waals surface area contributed by atoms with Crippen molar-refractivity contribution < 1.29 is 4.79 Å². The van der Waals surface area contributed by atoms with Crippen LogP contribution in [0.15, 0.2) is 54.6 Å². The molecule has 7 heteroatoms. The highest BCUT2D eigenvalue weighted by Crippen LogP contribution is 2.26. The van der Waals surface area contributed by atoms with Crippen LogP contribution >= 0.6 is 0 Å². The monoisotopic (exact) mass is 432 g/mol. The van der Waals surface area contributed by atoms with Gasteiger partial charge in [-0.05, 0) is 49.8 Å². The van der Waals surface area contributed by atoms with Gasteiger partial charge in [-0.2, -0.15) is 4.98 Å². The number of aromatic nitrogens is 2. The smallest absolute Gasteiger partial charge is 0.315 e. The fraction of sp³-hybridized carbons (Fsp3) is 0.400. The van der Waals surface area contributed by atoms with Gasteiger partial charge < -0.3 is 20.9 Å². The van der Waals surface area contributed by atoms with Gasteiger partial charge >= 0.3 is 6.03 Å². The summed E-state index contributed by atoms with van der Waals surface area (Å²) in [7, 11) is 4.00. The predicted octanol–water partition coefficient (Wildman–Crippen LogP) is 3.96. The molecule has 0 bridgehead atoms. The molecular formula is C25H32N6O. The highest BCUT2D eigenvalue weighted by atomic mass is 16.2. The maximum absolute atomic E-state index is 12.2. The third kappa shape index (κ3) is 5.66. The van der Waals surface area contributed by atoms with Crippen LogP contribution in [0.2, 0.25) is 0 Å². The third-order valence-corrected chi connectivity index (χ3v) is 5.94. The summed E-state index contributed by atoms with van der Waals surface area (Å²) in [5, 5.41) is 10.7. The van der Waals surface area contributed by atoms with Crippen LogP contribution in [0.3, 0.4) is 0 Å². The van der Waals surface area contributed by atoms with Crippen LogP contribution < -0.4 is 20.9 Å². The van der Waals surface area contributed by atoms with Gasteiger partial charge in [-0.15, -0.1) is 0 Å². The van der Waals surface area contributed by atoms with Crippen LogP contribution in [0.4, 0.5) is 16.6 Å². The Labute approximate surface area is 189 Å². The molecule has 1 saturated carbocycles. The minimum Gasteiger partial charge on any atom is -0.362 e. The average Bonchev–Trinajstić information content (AvgIpc) is 2.80. The van der Waals surface area contributed by atoms with Crippen LogP contribution in [-0.4, -0.2) is 48.7 Å². The van der Waals surface area contributed by atoms with Crippen molar-refractivity contribution >= 4 is 28.7 Å². The number of nitrogens with one attached hydrogen (secondary N) is 3. The summed E-state index contributed by atoms with van der Waals surface area (Å²) in [6.45, 7) is 0.639. The van der Waals surface area contributed by atoms with E-state index in [1.54, 1.807) is 0 Å². The molecule has 1 fully saturated rings. The first-order chi connectivity index (χ1) is 15.6. The minimum absolute atomic E-state index is 0.0779. The van der Waals surface area contributed by atoms with Gasteiger partial charge in [-0.3, -0.25) is 0 Å². The molecule has 4 rings (SSSR count). The number of fused-ring (bicyclic) bond motifs is 1. The zero-order chi connectivity index (χ0) is 22.3. The van der Waals surface area contributed by atoms with Gasteiger partial charge in [-0.1, -0.05) is 42.5 Å². The molecule has 2 amide bonds. The second-order valence-corrected chi connectivity index (χ2v) is 8.61. The molecule has 168 valence electrons. The van der Waals surface area contributed by atoms with Crippen molar-refractivity contribution in [1.29, 1.82) is 0 Å². The topological polar surface area (TPSA) is 82.2 Å². The van der Waals surface area contributed by atoms with Gasteiger partial charge in [0.2, 0.25) is 5.95 Å². The predicted molar refractivity (Wildman–Crippen MR) is 130 cm³/mol. The summed E-state index contributed by atoms with van der Waals surface area (Å²) in [5.74, 6) is 1.59. The zero-order valence-corrected chi connectivity index (χ0v) is 18.8. The van der Waals surface area contributed by atoms with Crippen molar-refractivity contribution in [2.24, 2.45) is 0 Å². The Morgan fingerprint density at radius 2 is 1.62 bits per heavy atom. The maximum atomic E-state index is 12.2. The molecule has 0 saturated heterocycles. The molecule has 3 N–H and O–H groups in total. The third-order valence-electron chi connectivity index (χ3n) is 5.94. The SMILES string of the molecule is CN(C)c1nc(N[C@H]2CC[C@@H](NC(=O)NCCc3ccccc3)CC2)nc2ccccc12. The van der Waals surface area contributed by atoms with Crippen molar-refractivity contribution in [3.8, 4) is 0 Å². The fourth-order valence-electron chi connectivity index (χ4n) is 4.23. The van der Waals surface area contributed by atoms with E-state index >= 15 is 0 Å². The van der Waals surface area contributed by atoms with Crippen LogP contribution in [0.5, 0.6) is 0 Å². The Hall–Kier alpha value is -3.35. The molecule has 0 unspecified atom stereocenters. The number of para-hydroxylation sites is 1. The second kappa shape index (κ2) is 10.3. The highest BCUT2D eigenvalue weighted by molar-refractivity contribution is 5.90. The molecule has 0 aliphatic heterocycles. The quantitative estimate of drug-likeness (QED) is 0.526. The number of hydrogen-bond acceptors (Lipinski definition) is 5. The Morgan fingerprint density at radius 1 is 0.938 bits per heavy atom. The normalized spacial score (nSPS) is 18.2. The van der Waals surface area contributed by atoms with E-state index in [4.69, 9.17) is 9.97 Å².